The fourth-order valence-corrected chi connectivity index (χ4v) is 3.57. The lowest BCUT2D eigenvalue weighted by Crippen LogP contribution is -2.32. The van der Waals surface area contributed by atoms with E-state index in [2.05, 4.69) is 6.92 Å². The summed E-state index contributed by atoms with van der Waals surface area (Å²) in [6.07, 6.45) is 4.81. The summed E-state index contributed by atoms with van der Waals surface area (Å²) in [5.41, 5.74) is 0.295. The molecule has 0 radical (unpaired) electrons. The minimum atomic E-state index is -0.861. The number of hydrogen-bond donors (Lipinski definition) is 1. The predicted molar refractivity (Wildman–Crippen MR) is 76.9 cm³/mol. The molecular formula is C17H22F2O2. The quantitative estimate of drug-likeness (QED) is 0.873. The topological polar surface area (TPSA) is 37.3 Å². The molecule has 0 saturated heterocycles. The Balaban J connectivity index is 2.15. The van der Waals surface area contributed by atoms with Crippen LogP contribution >= 0.6 is 0 Å². The van der Waals surface area contributed by atoms with Gasteiger partial charge < -0.3 is 5.11 Å². The first kappa shape index (κ1) is 15.9. The van der Waals surface area contributed by atoms with Gasteiger partial charge in [-0.15, -0.1) is 0 Å². The van der Waals surface area contributed by atoms with Crippen molar-refractivity contribution in [3.05, 3.63) is 35.4 Å². The van der Waals surface area contributed by atoms with E-state index in [0.29, 0.717) is 24.3 Å². The number of aliphatic carboxylic acids is 1. The van der Waals surface area contributed by atoms with Crippen molar-refractivity contribution in [2.24, 2.45) is 17.8 Å². The van der Waals surface area contributed by atoms with Gasteiger partial charge in [0.1, 0.15) is 0 Å². The lowest BCUT2D eigenvalue weighted by molar-refractivity contribution is -0.145. The summed E-state index contributed by atoms with van der Waals surface area (Å²) in [5.74, 6) is -2.55. The molecule has 21 heavy (non-hydrogen) atoms. The zero-order valence-electron chi connectivity index (χ0n) is 12.3. The van der Waals surface area contributed by atoms with E-state index in [-0.39, 0.29) is 5.92 Å². The molecule has 1 aromatic carbocycles. The molecule has 1 N–H and O–H groups in total. The average molecular weight is 296 g/mol. The third kappa shape index (κ3) is 3.80. The van der Waals surface area contributed by atoms with E-state index in [1.54, 1.807) is 6.07 Å². The van der Waals surface area contributed by atoms with Gasteiger partial charge in [-0.1, -0.05) is 31.9 Å². The van der Waals surface area contributed by atoms with Crippen molar-refractivity contribution in [1.82, 2.24) is 0 Å². The maximum Gasteiger partial charge on any atom is 0.306 e. The van der Waals surface area contributed by atoms with Gasteiger partial charge in [0, 0.05) is 0 Å². The van der Waals surface area contributed by atoms with Gasteiger partial charge in [0.05, 0.1) is 5.92 Å². The van der Waals surface area contributed by atoms with Crippen molar-refractivity contribution >= 4 is 5.97 Å². The Morgan fingerprint density at radius 2 is 2.10 bits per heavy atom. The summed E-state index contributed by atoms with van der Waals surface area (Å²) >= 11 is 0. The van der Waals surface area contributed by atoms with Crippen molar-refractivity contribution in [2.45, 2.75) is 45.4 Å². The molecule has 0 aromatic heterocycles. The number of hydrogen-bond acceptors (Lipinski definition) is 1. The molecule has 4 heteroatoms. The monoisotopic (exact) mass is 296 g/mol. The van der Waals surface area contributed by atoms with E-state index < -0.39 is 23.5 Å². The van der Waals surface area contributed by atoms with E-state index >= 15 is 0 Å². The Labute approximate surface area is 124 Å². The summed E-state index contributed by atoms with van der Waals surface area (Å²) in [4.78, 5) is 11.4. The van der Waals surface area contributed by atoms with Gasteiger partial charge in [0.2, 0.25) is 0 Å². The third-order valence-corrected chi connectivity index (χ3v) is 4.62. The van der Waals surface area contributed by atoms with Gasteiger partial charge >= 0.3 is 5.97 Å². The van der Waals surface area contributed by atoms with Crippen LogP contribution in [0.25, 0.3) is 0 Å². The lowest BCUT2D eigenvalue weighted by atomic mass is 9.70. The summed E-state index contributed by atoms with van der Waals surface area (Å²) in [5, 5.41) is 9.36. The van der Waals surface area contributed by atoms with Crippen molar-refractivity contribution in [3.8, 4) is 0 Å². The summed E-state index contributed by atoms with van der Waals surface area (Å²) in [7, 11) is 0. The smallest absolute Gasteiger partial charge is 0.306 e. The van der Waals surface area contributed by atoms with Gasteiger partial charge in [0.25, 0.3) is 0 Å². The van der Waals surface area contributed by atoms with Crippen LogP contribution in [0.1, 0.15) is 44.6 Å². The fourth-order valence-electron chi connectivity index (χ4n) is 3.57. The molecule has 1 aliphatic rings. The average Bonchev–Trinajstić information content (AvgIpc) is 2.44. The Hall–Kier alpha value is -1.45. The Morgan fingerprint density at radius 3 is 2.76 bits per heavy atom. The minimum Gasteiger partial charge on any atom is -0.481 e. The predicted octanol–water partition coefficient (Wildman–Crippen LogP) is 4.42. The number of carboxylic acid groups (broad SMARTS) is 1. The molecule has 0 amide bonds. The zero-order valence-corrected chi connectivity index (χ0v) is 12.3. The SMILES string of the molecule is CCCC1CCC(C(=O)O)C(Cc2cccc(F)c2F)C1. The molecule has 0 bridgehead atoms. The second-order valence-electron chi connectivity index (χ2n) is 6.09. The lowest BCUT2D eigenvalue weighted by Gasteiger charge is -2.34. The number of carbonyl (C=O) groups is 1. The van der Waals surface area contributed by atoms with Crippen LogP contribution in [0.3, 0.4) is 0 Å². The molecule has 0 spiro atoms. The molecule has 1 aromatic rings. The molecule has 0 heterocycles. The third-order valence-electron chi connectivity index (χ3n) is 4.62. The van der Waals surface area contributed by atoms with Crippen molar-refractivity contribution < 1.29 is 18.7 Å². The Bertz CT molecular complexity index is 502. The van der Waals surface area contributed by atoms with E-state index in [9.17, 15) is 18.7 Å². The number of benzene rings is 1. The molecule has 2 rings (SSSR count). The molecule has 1 aliphatic carbocycles. The molecule has 2 nitrogen and oxygen atoms in total. The number of carboxylic acids is 1. The maximum atomic E-state index is 13.8. The van der Waals surface area contributed by atoms with E-state index in [1.807, 2.05) is 0 Å². The zero-order chi connectivity index (χ0) is 15.4. The van der Waals surface area contributed by atoms with Crippen LogP contribution in [0.4, 0.5) is 8.78 Å². The largest absolute Gasteiger partial charge is 0.481 e. The Morgan fingerprint density at radius 1 is 1.33 bits per heavy atom. The Kier molecular flexibility index (Phi) is 5.32. The molecule has 3 atom stereocenters. The standard InChI is InChI=1S/C17H22F2O2/c1-2-4-11-7-8-14(17(20)21)13(9-11)10-12-5-3-6-15(18)16(12)19/h3,5-6,11,13-14H,2,4,7-10H2,1H3,(H,20,21). The van der Waals surface area contributed by atoms with Gasteiger partial charge in [0.15, 0.2) is 11.6 Å². The van der Waals surface area contributed by atoms with Gasteiger partial charge in [-0.3, -0.25) is 4.79 Å². The van der Waals surface area contributed by atoms with Crippen LogP contribution in [0, 0.1) is 29.4 Å². The number of halogens is 2. The van der Waals surface area contributed by atoms with Gasteiger partial charge in [-0.25, -0.2) is 8.78 Å². The molecule has 1 fully saturated rings. The summed E-state index contributed by atoms with van der Waals surface area (Å²) in [6.45, 7) is 2.12. The van der Waals surface area contributed by atoms with Gasteiger partial charge in [-0.05, 0) is 49.1 Å². The highest BCUT2D eigenvalue weighted by Gasteiger charge is 2.35. The van der Waals surface area contributed by atoms with E-state index in [4.69, 9.17) is 0 Å². The second kappa shape index (κ2) is 7.01. The first-order valence-electron chi connectivity index (χ1n) is 7.68. The maximum absolute atomic E-state index is 13.8. The summed E-state index contributed by atoms with van der Waals surface area (Å²) in [6, 6.07) is 4.13. The first-order chi connectivity index (χ1) is 10.0. The van der Waals surface area contributed by atoms with Crippen LogP contribution < -0.4 is 0 Å². The highest BCUT2D eigenvalue weighted by atomic mass is 19.2. The molecule has 0 aliphatic heterocycles. The molecule has 3 unspecified atom stereocenters. The summed E-state index contributed by atoms with van der Waals surface area (Å²) < 4.78 is 27.1. The fraction of sp³-hybridized carbons (Fsp3) is 0.588. The van der Waals surface area contributed by atoms with Crippen LogP contribution in [-0.2, 0) is 11.2 Å². The molecule has 116 valence electrons. The van der Waals surface area contributed by atoms with Crippen molar-refractivity contribution in [1.29, 1.82) is 0 Å². The first-order valence-corrected chi connectivity index (χ1v) is 7.68. The van der Waals surface area contributed by atoms with Crippen LogP contribution in [0.2, 0.25) is 0 Å². The van der Waals surface area contributed by atoms with Crippen LogP contribution in [0.5, 0.6) is 0 Å². The number of rotatable bonds is 5. The van der Waals surface area contributed by atoms with Crippen molar-refractivity contribution in [3.63, 3.8) is 0 Å². The van der Waals surface area contributed by atoms with Crippen LogP contribution in [-0.4, -0.2) is 11.1 Å². The minimum absolute atomic E-state index is 0.107. The van der Waals surface area contributed by atoms with Crippen LogP contribution in [0.15, 0.2) is 18.2 Å². The highest BCUT2D eigenvalue weighted by molar-refractivity contribution is 5.70. The van der Waals surface area contributed by atoms with Gasteiger partial charge in [-0.2, -0.15) is 0 Å². The highest BCUT2D eigenvalue weighted by Crippen LogP contribution is 2.38. The molecular weight excluding hydrogens is 274 g/mol. The van der Waals surface area contributed by atoms with Crippen molar-refractivity contribution in [2.75, 3.05) is 0 Å². The van der Waals surface area contributed by atoms with E-state index in [1.165, 1.54) is 6.07 Å². The van der Waals surface area contributed by atoms with E-state index in [0.717, 1.165) is 31.7 Å². The molecule has 1 saturated carbocycles. The normalized spacial score (nSPS) is 25.8. The second-order valence-corrected chi connectivity index (χ2v) is 6.09.